The monoisotopic (exact) mass is 445 g/mol. The number of hydrogen-bond donors (Lipinski definition) is 1. The molecule has 1 aromatic carbocycles. The number of benzene rings is 1. The second-order valence-corrected chi connectivity index (χ2v) is 10.0. The molecule has 0 aliphatic carbocycles. The Balaban J connectivity index is 1.36. The zero-order valence-electron chi connectivity index (χ0n) is 17.7. The number of aryl methyl sites for hydroxylation is 2. The summed E-state index contributed by atoms with van der Waals surface area (Å²) in [5, 5.41) is 6.70. The van der Waals surface area contributed by atoms with Gasteiger partial charge in [0, 0.05) is 45.7 Å². The van der Waals surface area contributed by atoms with Gasteiger partial charge >= 0.3 is 0 Å². The summed E-state index contributed by atoms with van der Waals surface area (Å²) in [5.41, 5.74) is 1.99. The van der Waals surface area contributed by atoms with Gasteiger partial charge in [0.1, 0.15) is 4.90 Å². The van der Waals surface area contributed by atoms with Crippen molar-refractivity contribution in [3.8, 4) is 0 Å². The summed E-state index contributed by atoms with van der Waals surface area (Å²) in [6.45, 7) is 5.34. The van der Waals surface area contributed by atoms with Crippen LogP contribution in [0.5, 0.6) is 0 Å². The normalized spacial score (nSPS) is 20.5. The molecule has 1 unspecified atom stereocenters. The average molecular weight is 446 g/mol. The van der Waals surface area contributed by atoms with Crippen molar-refractivity contribution in [2.24, 2.45) is 5.92 Å². The van der Waals surface area contributed by atoms with Crippen molar-refractivity contribution in [1.82, 2.24) is 24.3 Å². The Bertz CT molecular complexity index is 1050. The number of carbonyl (C=O) groups is 2. The Morgan fingerprint density at radius 3 is 2.42 bits per heavy atom. The van der Waals surface area contributed by atoms with E-state index < -0.39 is 10.0 Å². The Kier molecular flexibility index (Phi) is 5.85. The highest BCUT2D eigenvalue weighted by Gasteiger charge is 2.39. The topological polar surface area (TPSA) is 107 Å². The number of nitrogens with zero attached hydrogens (tertiary/aromatic N) is 4. The molecule has 2 fully saturated rings. The van der Waals surface area contributed by atoms with Crippen molar-refractivity contribution < 1.29 is 18.0 Å². The Morgan fingerprint density at radius 1 is 1.13 bits per heavy atom. The van der Waals surface area contributed by atoms with Crippen LogP contribution in [0.1, 0.15) is 23.4 Å². The molecule has 1 aromatic heterocycles. The van der Waals surface area contributed by atoms with Gasteiger partial charge in [-0.1, -0.05) is 30.3 Å². The van der Waals surface area contributed by atoms with Gasteiger partial charge < -0.3 is 9.80 Å². The minimum Gasteiger partial charge on any atom is -0.340 e. The van der Waals surface area contributed by atoms with E-state index in [0.717, 1.165) is 5.56 Å². The predicted octanol–water partition coefficient (Wildman–Crippen LogP) is 0.908. The van der Waals surface area contributed by atoms with Crippen LogP contribution in [-0.4, -0.2) is 77.3 Å². The maximum Gasteiger partial charge on any atom is 0.246 e. The number of aromatic nitrogens is 2. The first-order valence-electron chi connectivity index (χ1n) is 10.4. The Hall–Kier alpha value is -2.72. The van der Waals surface area contributed by atoms with Gasteiger partial charge in [0.25, 0.3) is 0 Å². The molecule has 9 nitrogen and oxygen atoms in total. The maximum absolute atomic E-state index is 13.0. The summed E-state index contributed by atoms with van der Waals surface area (Å²) >= 11 is 0. The molecule has 2 saturated heterocycles. The van der Waals surface area contributed by atoms with Crippen molar-refractivity contribution in [3.63, 3.8) is 0 Å². The van der Waals surface area contributed by atoms with E-state index in [1.165, 1.54) is 4.31 Å². The van der Waals surface area contributed by atoms with E-state index in [-0.39, 0.29) is 42.1 Å². The van der Waals surface area contributed by atoms with E-state index in [1.807, 2.05) is 30.3 Å². The molecule has 3 heterocycles. The molecule has 0 saturated carbocycles. The first kappa shape index (κ1) is 21.5. The highest BCUT2D eigenvalue weighted by molar-refractivity contribution is 7.89. The Labute approximate surface area is 182 Å². The number of aromatic amines is 1. The molecule has 2 aliphatic heterocycles. The number of likely N-dealkylation sites (tertiary alicyclic amines) is 1. The van der Waals surface area contributed by atoms with Crippen molar-refractivity contribution >= 4 is 21.8 Å². The fourth-order valence-corrected chi connectivity index (χ4v) is 6.10. The average Bonchev–Trinajstić information content (AvgIpc) is 3.30. The molecule has 0 bridgehead atoms. The van der Waals surface area contributed by atoms with E-state index in [4.69, 9.17) is 0 Å². The van der Waals surface area contributed by atoms with Crippen LogP contribution in [0.25, 0.3) is 0 Å². The third-order valence-corrected chi connectivity index (χ3v) is 8.15. The van der Waals surface area contributed by atoms with E-state index in [2.05, 4.69) is 10.2 Å². The third-order valence-electron chi connectivity index (χ3n) is 5.99. The van der Waals surface area contributed by atoms with Gasteiger partial charge in [0.2, 0.25) is 21.8 Å². The number of amides is 2. The SMILES string of the molecule is Cc1n[nH]c(C)c1S(=O)(=O)N1CCN(C(=O)C2CC(=O)N(Cc3ccccc3)C2)CC1. The molecule has 0 spiro atoms. The summed E-state index contributed by atoms with van der Waals surface area (Å²) in [6.07, 6.45) is 0.206. The number of nitrogens with one attached hydrogen (secondary N) is 1. The van der Waals surface area contributed by atoms with Crippen LogP contribution in [0.3, 0.4) is 0 Å². The van der Waals surface area contributed by atoms with E-state index in [1.54, 1.807) is 23.6 Å². The summed E-state index contributed by atoms with van der Waals surface area (Å²) in [5.74, 6) is -0.469. The van der Waals surface area contributed by atoms with Crippen molar-refractivity contribution in [2.45, 2.75) is 31.7 Å². The second-order valence-electron chi connectivity index (χ2n) is 8.15. The summed E-state index contributed by atoms with van der Waals surface area (Å²) in [4.78, 5) is 29.0. The Morgan fingerprint density at radius 2 is 1.81 bits per heavy atom. The fraction of sp³-hybridized carbons (Fsp3) is 0.476. The van der Waals surface area contributed by atoms with Crippen LogP contribution in [-0.2, 0) is 26.2 Å². The summed E-state index contributed by atoms with van der Waals surface area (Å²) in [7, 11) is -3.66. The van der Waals surface area contributed by atoms with Crippen LogP contribution in [0.4, 0.5) is 0 Å². The first-order valence-corrected chi connectivity index (χ1v) is 11.8. The van der Waals surface area contributed by atoms with Gasteiger partial charge in [-0.15, -0.1) is 0 Å². The van der Waals surface area contributed by atoms with Crippen LogP contribution in [0.15, 0.2) is 35.2 Å². The number of hydrogen-bond acceptors (Lipinski definition) is 5. The molecule has 10 heteroatoms. The first-order chi connectivity index (χ1) is 14.8. The van der Waals surface area contributed by atoms with Gasteiger partial charge in [-0.2, -0.15) is 9.40 Å². The lowest BCUT2D eigenvalue weighted by Crippen LogP contribution is -2.52. The molecule has 31 heavy (non-hydrogen) atoms. The summed E-state index contributed by atoms with van der Waals surface area (Å²) < 4.78 is 27.4. The lowest BCUT2D eigenvalue weighted by atomic mass is 10.1. The minimum atomic E-state index is -3.66. The molecule has 2 aromatic rings. The quantitative estimate of drug-likeness (QED) is 0.736. The molecule has 2 amide bonds. The smallest absolute Gasteiger partial charge is 0.246 e. The standard InChI is InChI=1S/C21H27N5O4S/c1-15-20(16(2)23-22-15)31(29,30)26-10-8-24(9-11-26)21(28)18-12-19(27)25(14-18)13-17-6-4-3-5-7-17/h3-7,18H,8-14H2,1-2H3,(H,22,23). The molecule has 0 radical (unpaired) electrons. The lowest BCUT2D eigenvalue weighted by Gasteiger charge is -2.35. The van der Waals surface area contributed by atoms with Crippen LogP contribution in [0.2, 0.25) is 0 Å². The maximum atomic E-state index is 13.0. The van der Waals surface area contributed by atoms with Crippen LogP contribution >= 0.6 is 0 Å². The largest absolute Gasteiger partial charge is 0.340 e. The van der Waals surface area contributed by atoms with E-state index in [0.29, 0.717) is 37.6 Å². The zero-order chi connectivity index (χ0) is 22.2. The third kappa shape index (κ3) is 4.22. The van der Waals surface area contributed by atoms with E-state index >= 15 is 0 Å². The molecular weight excluding hydrogens is 418 g/mol. The molecule has 166 valence electrons. The van der Waals surface area contributed by atoms with Gasteiger partial charge in [-0.05, 0) is 19.4 Å². The van der Waals surface area contributed by atoms with Crippen LogP contribution < -0.4 is 0 Å². The number of piperazine rings is 1. The lowest BCUT2D eigenvalue weighted by molar-refractivity contribution is -0.137. The minimum absolute atomic E-state index is 0.0191. The number of carbonyl (C=O) groups excluding carboxylic acids is 2. The number of H-pyrrole nitrogens is 1. The van der Waals surface area contributed by atoms with Gasteiger partial charge in [0.15, 0.2) is 0 Å². The highest BCUT2D eigenvalue weighted by Crippen LogP contribution is 2.25. The van der Waals surface area contributed by atoms with Gasteiger partial charge in [0.05, 0.1) is 17.3 Å². The number of sulfonamides is 1. The predicted molar refractivity (Wildman–Crippen MR) is 113 cm³/mol. The van der Waals surface area contributed by atoms with Gasteiger partial charge in [-0.25, -0.2) is 8.42 Å². The molecule has 1 N–H and O–H groups in total. The molecular formula is C21H27N5O4S. The molecule has 4 rings (SSSR count). The van der Waals surface area contributed by atoms with Crippen LogP contribution in [0, 0.1) is 19.8 Å². The van der Waals surface area contributed by atoms with Crippen molar-refractivity contribution in [1.29, 1.82) is 0 Å². The fourth-order valence-electron chi connectivity index (χ4n) is 4.35. The molecule has 1 atom stereocenters. The summed E-state index contributed by atoms with van der Waals surface area (Å²) in [6, 6.07) is 9.71. The zero-order valence-corrected chi connectivity index (χ0v) is 18.6. The second kappa shape index (κ2) is 8.43. The van der Waals surface area contributed by atoms with E-state index in [9.17, 15) is 18.0 Å². The molecule has 2 aliphatic rings. The number of rotatable bonds is 5. The van der Waals surface area contributed by atoms with Crippen molar-refractivity contribution in [2.75, 3.05) is 32.7 Å². The highest BCUT2D eigenvalue weighted by atomic mass is 32.2. The van der Waals surface area contributed by atoms with Gasteiger partial charge in [-0.3, -0.25) is 14.7 Å². The van der Waals surface area contributed by atoms with Crippen molar-refractivity contribution in [3.05, 3.63) is 47.3 Å².